The molecule has 73 heavy (non-hydrogen) atoms. The van der Waals surface area contributed by atoms with Crippen LogP contribution in [0.5, 0.6) is 23.0 Å². The number of aryl methyl sites for hydroxylation is 2. The Kier molecular flexibility index (Phi) is 28.3. The predicted molar refractivity (Wildman–Crippen MR) is 282 cm³/mol. The number of hydrogen-bond donors (Lipinski definition) is 0. The van der Waals surface area contributed by atoms with Gasteiger partial charge in [-0.2, -0.15) is 13.8 Å². The van der Waals surface area contributed by atoms with Crippen molar-refractivity contribution in [3.8, 4) is 23.0 Å². The van der Waals surface area contributed by atoms with E-state index < -0.39 is 56.6 Å². The van der Waals surface area contributed by atoms with Crippen molar-refractivity contribution in [2.24, 2.45) is 5.41 Å². The van der Waals surface area contributed by atoms with Gasteiger partial charge in [0, 0.05) is 18.9 Å². The molecule has 4 aromatic rings. The van der Waals surface area contributed by atoms with E-state index in [1.54, 1.807) is 32.9 Å². The van der Waals surface area contributed by atoms with E-state index in [-0.39, 0.29) is 41.5 Å². The molecule has 0 unspecified atom stereocenters. The van der Waals surface area contributed by atoms with E-state index in [0.717, 1.165) is 22.1 Å². The Morgan fingerprint density at radius 3 is 1.16 bits per heavy atom. The summed E-state index contributed by atoms with van der Waals surface area (Å²) in [6.45, 7) is 44.1. The highest BCUT2D eigenvalue weighted by Crippen LogP contribution is 2.32. The van der Waals surface area contributed by atoms with E-state index in [1.165, 1.54) is 32.4 Å². The van der Waals surface area contributed by atoms with Gasteiger partial charge in [0.1, 0.15) is 33.9 Å². The lowest BCUT2D eigenvalue weighted by Gasteiger charge is -2.24. The third-order valence-corrected chi connectivity index (χ3v) is 7.29. The average molecular weight is 1040 g/mol. The summed E-state index contributed by atoms with van der Waals surface area (Å²) >= 11 is 0. The number of halogens is 5. The van der Waals surface area contributed by atoms with Crippen LogP contribution in [0, 0.1) is 58.5 Å². The zero-order valence-electron chi connectivity index (χ0n) is 47.8. The summed E-state index contributed by atoms with van der Waals surface area (Å²) in [4.78, 5) is 37.6. The third kappa shape index (κ3) is 32.8. The zero-order chi connectivity index (χ0) is 57.7. The molecule has 0 aliphatic carbocycles. The second kappa shape index (κ2) is 29.8. The molecule has 0 spiro atoms. The minimum absolute atomic E-state index is 0.0184. The Hall–Kier alpha value is -5.77. The van der Waals surface area contributed by atoms with Crippen molar-refractivity contribution >= 4 is 17.5 Å². The quantitative estimate of drug-likeness (QED) is 0.0463. The molecule has 11 nitrogen and oxygen atoms in total. The van der Waals surface area contributed by atoms with Gasteiger partial charge in [-0.25, -0.2) is 13.2 Å². The third-order valence-electron chi connectivity index (χ3n) is 7.29. The Morgan fingerprint density at radius 1 is 0.479 bits per heavy atom. The molecule has 0 atom stereocenters. The Labute approximate surface area is 433 Å². The maximum absolute atomic E-state index is 13.1. The number of para-hydroxylation sites is 1. The van der Waals surface area contributed by atoms with Crippen LogP contribution >= 0.6 is 0 Å². The van der Waals surface area contributed by atoms with Crippen LogP contribution in [0.2, 0.25) is 0 Å². The lowest BCUT2D eigenvalue weighted by Crippen LogP contribution is -2.37. The second-order valence-corrected chi connectivity index (χ2v) is 22.9. The number of rotatable bonds is 6. The number of nitro benzene ring substituents is 1. The highest BCUT2D eigenvalue weighted by molar-refractivity contribution is 6.00. The second-order valence-electron chi connectivity index (χ2n) is 22.9. The van der Waals surface area contributed by atoms with E-state index in [4.69, 9.17) is 19.0 Å². The van der Waals surface area contributed by atoms with Gasteiger partial charge in [-0.15, -0.1) is 0 Å². The van der Waals surface area contributed by atoms with Gasteiger partial charge >= 0.3 is 5.69 Å². The van der Waals surface area contributed by atoms with E-state index in [9.17, 15) is 41.7 Å². The lowest BCUT2D eigenvalue weighted by atomic mass is 10.0. The summed E-state index contributed by atoms with van der Waals surface area (Å²) in [5.41, 5.74) is 0.439. The highest BCUT2D eigenvalue weighted by atomic mass is 19.2. The number of carbonyl (C=O) groups excluding carboxylic acids is 2. The van der Waals surface area contributed by atoms with Gasteiger partial charge < -0.3 is 18.9 Å². The van der Waals surface area contributed by atoms with Crippen LogP contribution in [-0.2, 0) is 14.4 Å². The number of amides is 2. The summed E-state index contributed by atoms with van der Waals surface area (Å²) in [5.74, 6) is -9.72. The normalized spacial score (nSPS) is 12.5. The van der Waals surface area contributed by atoms with Gasteiger partial charge in [-0.3, -0.25) is 24.5 Å². The number of hydroxylamine groups is 2. The maximum Gasteiger partial charge on any atom is 0.311 e. The largest absolute Gasteiger partial charge is 0.488 e. The van der Waals surface area contributed by atoms with Crippen molar-refractivity contribution < 1.29 is 60.2 Å². The summed E-state index contributed by atoms with van der Waals surface area (Å²) in [7, 11) is 0. The number of ether oxygens (including phenoxy) is 4. The molecule has 0 N–H and O–H groups in total. The number of carbonyl (C=O) groups is 2. The molecule has 5 rings (SSSR count). The molecule has 0 aromatic heterocycles. The number of benzene rings is 4. The van der Waals surface area contributed by atoms with E-state index >= 15 is 0 Å². The van der Waals surface area contributed by atoms with Crippen LogP contribution in [-0.4, -0.2) is 49.8 Å². The van der Waals surface area contributed by atoms with Crippen molar-refractivity contribution in [3.63, 3.8) is 0 Å². The van der Waals surface area contributed by atoms with Gasteiger partial charge in [-0.1, -0.05) is 83.5 Å². The molecule has 1 saturated heterocycles. The van der Waals surface area contributed by atoms with Crippen LogP contribution in [0.25, 0.3) is 0 Å². The molecule has 1 aliphatic heterocycles. The molecule has 0 radical (unpaired) electrons. The summed E-state index contributed by atoms with van der Waals surface area (Å²) < 4.78 is 85.7. The fourth-order valence-electron chi connectivity index (χ4n) is 4.90. The van der Waals surface area contributed by atoms with Crippen molar-refractivity contribution in [1.82, 2.24) is 5.06 Å². The van der Waals surface area contributed by atoms with Crippen LogP contribution < -0.4 is 18.9 Å². The van der Waals surface area contributed by atoms with Crippen LogP contribution in [0.4, 0.5) is 27.6 Å². The van der Waals surface area contributed by atoms with E-state index in [2.05, 4.69) is 51.5 Å². The van der Waals surface area contributed by atoms with Crippen LogP contribution in [0.3, 0.4) is 0 Å². The van der Waals surface area contributed by atoms with Crippen LogP contribution in [0.1, 0.15) is 169 Å². The minimum Gasteiger partial charge on any atom is -0.488 e. The summed E-state index contributed by atoms with van der Waals surface area (Å²) in [5, 5.41) is 11.7. The SMILES string of the molecule is CC.CC(C)(C)C.CC(C)(C)ON1C(=O)CCC1=O.CC(C)(C)Oc1c(F)c(F)c(F)c(F)c1F.CC(C)(C)Oc1ccccc1.Cc1ccc(OC(C)(C)C)c([N+](=O)[O-])c1.Cc1ccc(OC(C)(C)C)cc1. The van der Waals surface area contributed by atoms with Crippen molar-refractivity contribution in [3.05, 3.63) is 123 Å². The topological polar surface area (TPSA) is 127 Å². The molecule has 4 aromatic carbocycles. The number of imide groups is 1. The Bertz CT molecular complexity index is 2250. The standard InChI is InChI=1S/C11H15NO3.C11H16O.C10H9F5O.C10H14O.C8H13NO3.C5H12.C2H6/c1-8-5-6-10(15-11(2,3)4)9(7-8)12(13)14;1-9-5-7-10(8-6-9)12-11(2,3)4;1-10(2,3)16-9-7(14)5(12)4(11)6(13)8(9)15;1-10(2,3)11-9-7-5-4-6-8-9;1-8(2,3)12-9-6(10)4-5-7(9)11;1-5(2,3)4;1-2/h5-7H,1-4H3;5-8H,1-4H3;1-3H3;4-8H,1-3H3;4-5H2,1-3H3;1-4H3;1-2H3. The minimum atomic E-state index is -2.20. The van der Waals surface area contributed by atoms with E-state index in [0.29, 0.717) is 11.2 Å². The van der Waals surface area contributed by atoms with Crippen molar-refractivity contribution in [2.45, 2.75) is 200 Å². The zero-order valence-corrected chi connectivity index (χ0v) is 47.8. The molecule has 1 aliphatic rings. The summed E-state index contributed by atoms with van der Waals surface area (Å²) in [6, 6.07) is 22.9. The van der Waals surface area contributed by atoms with Crippen LogP contribution in [0.15, 0.2) is 72.8 Å². The first-order valence-corrected chi connectivity index (χ1v) is 24.1. The molecule has 0 bridgehead atoms. The van der Waals surface area contributed by atoms with Gasteiger partial charge in [0.15, 0.2) is 11.5 Å². The summed E-state index contributed by atoms with van der Waals surface area (Å²) in [6.07, 6.45) is 0.545. The van der Waals surface area contributed by atoms with Crippen molar-refractivity contribution in [2.75, 3.05) is 0 Å². The smallest absolute Gasteiger partial charge is 0.311 e. The number of hydrogen-bond acceptors (Lipinski definition) is 9. The first-order chi connectivity index (χ1) is 32.9. The molecular weight excluding hydrogens is 952 g/mol. The Morgan fingerprint density at radius 2 is 0.822 bits per heavy atom. The number of nitro groups is 1. The first kappa shape index (κ1) is 69.3. The van der Waals surface area contributed by atoms with Gasteiger partial charge in [0.25, 0.3) is 11.8 Å². The molecule has 16 heteroatoms. The highest BCUT2D eigenvalue weighted by Gasteiger charge is 2.33. The fraction of sp³-hybridized carbons (Fsp3) is 0.544. The number of nitrogens with zero attached hydrogens (tertiary/aromatic N) is 2. The monoisotopic (exact) mass is 1040 g/mol. The predicted octanol–water partition coefficient (Wildman–Crippen LogP) is 16.6. The Balaban J connectivity index is 0. The first-order valence-electron chi connectivity index (χ1n) is 24.1. The van der Waals surface area contributed by atoms with Crippen molar-refractivity contribution in [1.29, 1.82) is 0 Å². The molecular formula is C57H85F5N2O9. The van der Waals surface area contributed by atoms with Gasteiger partial charge in [0.05, 0.1) is 10.5 Å². The molecule has 1 heterocycles. The molecule has 412 valence electrons. The maximum atomic E-state index is 13.1. The molecule has 1 fully saturated rings. The van der Waals surface area contributed by atoms with Gasteiger partial charge in [0.2, 0.25) is 29.1 Å². The molecule has 0 saturated carbocycles. The lowest BCUT2D eigenvalue weighted by molar-refractivity contribution is -0.386. The average Bonchev–Trinajstić information content (AvgIpc) is 3.53. The molecule has 2 amide bonds. The fourth-order valence-corrected chi connectivity index (χ4v) is 4.90. The van der Waals surface area contributed by atoms with E-state index in [1.807, 2.05) is 126 Å². The van der Waals surface area contributed by atoms with Gasteiger partial charge in [-0.05, 0) is 159 Å².